The van der Waals surface area contributed by atoms with E-state index in [0.717, 1.165) is 25.3 Å². The Hall–Kier alpha value is -1.12. The molecule has 1 heterocycles. The standard InChI is InChI=1S/C12H15NO/c1-2-10-4-3-5-11(8-10)12-9-14-7-6-13-12/h2-5,8,12-13H,1,6-7,9H2/t12-/m1/s1. The molecule has 2 rings (SSSR count). The lowest BCUT2D eigenvalue weighted by Gasteiger charge is -2.24. The van der Waals surface area contributed by atoms with Crippen molar-refractivity contribution in [3.8, 4) is 0 Å². The Kier molecular flexibility index (Phi) is 2.96. The number of morpholine rings is 1. The Morgan fingerprint density at radius 2 is 2.43 bits per heavy atom. The average Bonchev–Trinajstić information content (AvgIpc) is 2.30. The molecule has 2 heteroatoms. The van der Waals surface area contributed by atoms with Crippen molar-refractivity contribution in [2.45, 2.75) is 6.04 Å². The predicted octanol–water partition coefficient (Wildman–Crippen LogP) is 1.99. The lowest BCUT2D eigenvalue weighted by Crippen LogP contribution is -2.34. The average molecular weight is 189 g/mol. The summed E-state index contributed by atoms with van der Waals surface area (Å²) in [5, 5.41) is 3.43. The van der Waals surface area contributed by atoms with Gasteiger partial charge in [0.05, 0.1) is 19.3 Å². The van der Waals surface area contributed by atoms with E-state index in [1.807, 2.05) is 6.08 Å². The van der Waals surface area contributed by atoms with Crippen LogP contribution in [0.4, 0.5) is 0 Å². The normalized spacial score (nSPS) is 21.9. The summed E-state index contributed by atoms with van der Waals surface area (Å²) < 4.78 is 5.42. The zero-order valence-corrected chi connectivity index (χ0v) is 8.20. The van der Waals surface area contributed by atoms with Crippen molar-refractivity contribution in [1.82, 2.24) is 5.32 Å². The van der Waals surface area contributed by atoms with E-state index in [1.54, 1.807) is 0 Å². The summed E-state index contributed by atoms with van der Waals surface area (Å²) in [5.41, 5.74) is 2.44. The summed E-state index contributed by atoms with van der Waals surface area (Å²) in [7, 11) is 0. The molecule has 14 heavy (non-hydrogen) atoms. The molecule has 1 N–H and O–H groups in total. The van der Waals surface area contributed by atoms with Gasteiger partial charge >= 0.3 is 0 Å². The zero-order valence-electron chi connectivity index (χ0n) is 8.20. The summed E-state index contributed by atoms with van der Waals surface area (Å²) in [6, 6.07) is 8.73. The molecule has 0 unspecified atom stereocenters. The minimum absolute atomic E-state index is 0.337. The van der Waals surface area contributed by atoms with Crippen LogP contribution in [0.1, 0.15) is 17.2 Å². The van der Waals surface area contributed by atoms with Gasteiger partial charge in [-0.15, -0.1) is 0 Å². The van der Waals surface area contributed by atoms with Crippen molar-refractivity contribution in [3.63, 3.8) is 0 Å². The van der Waals surface area contributed by atoms with E-state index in [-0.39, 0.29) is 0 Å². The van der Waals surface area contributed by atoms with Crippen molar-refractivity contribution in [3.05, 3.63) is 42.0 Å². The molecule has 2 nitrogen and oxygen atoms in total. The van der Waals surface area contributed by atoms with Crippen LogP contribution in [-0.4, -0.2) is 19.8 Å². The second-order valence-electron chi connectivity index (χ2n) is 3.46. The van der Waals surface area contributed by atoms with Gasteiger partial charge in [0.1, 0.15) is 0 Å². The molecule has 0 aromatic heterocycles. The second-order valence-corrected chi connectivity index (χ2v) is 3.46. The molecule has 1 saturated heterocycles. The summed E-state index contributed by atoms with van der Waals surface area (Å²) in [4.78, 5) is 0. The van der Waals surface area contributed by atoms with Crippen LogP contribution in [0, 0.1) is 0 Å². The number of ether oxygens (including phenoxy) is 1. The number of hydrogen-bond acceptors (Lipinski definition) is 2. The van der Waals surface area contributed by atoms with Gasteiger partial charge in [0.15, 0.2) is 0 Å². The highest BCUT2D eigenvalue weighted by Crippen LogP contribution is 2.17. The van der Waals surface area contributed by atoms with Crippen LogP contribution in [0.5, 0.6) is 0 Å². The first-order chi connectivity index (χ1) is 6.90. The van der Waals surface area contributed by atoms with Gasteiger partial charge in [0.25, 0.3) is 0 Å². The minimum atomic E-state index is 0.337. The van der Waals surface area contributed by atoms with Gasteiger partial charge in [0.2, 0.25) is 0 Å². The first kappa shape index (κ1) is 9.44. The molecule has 1 aromatic rings. The van der Waals surface area contributed by atoms with Gasteiger partial charge in [-0.05, 0) is 11.1 Å². The van der Waals surface area contributed by atoms with Crippen molar-refractivity contribution < 1.29 is 4.74 Å². The Morgan fingerprint density at radius 1 is 1.50 bits per heavy atom. The first-order valence-corrected chi connectivity index (χ1v) is 4.93. The molecule has 0 aliphatic carbocycles. The fraction of sp³-hybridized carbons (Fsp3) is 0.333. The lowest BCUT2D eigenvalue weighted by molar-refractivity contribution is 0.0769. The Balaban J connectivity index is 2.17. The Morgan fingerprint density at radius 3 is 3.14 bits per heavy atom. The number of benzene rings is 1. The van der Waals surface area contributed by atoms with E-state index in [2.05, 4.69) is 36.2 Å². The number of rotatable bonds is 2. The molecule has 1 aliphatic rings. The molecule has 0 radical (unpaired) electrons. The third-order valence-corrected chi connectivity index (χ3v) is 2.47. The highest BCUT2D eigenvalue weighted by molar-refractivity contribution is 5.48. The van der Waals surface area contributed by atoms with Crippen LogP contribution in [0.15, 0.2) is 30.8 Å². The monoisotopic (exact) mass is 189 g/mol. The smallest absolute Gasteiger partial charge is 0.0662 e. The molecule has 1 aliphatic heterocycles. The van der Waals surface area contributed by atoms with Crippen molar-refractivity contribution in [2.75, 3.05) is 19.8 Å². The van der Waals surface area contributed by atoms with E-state index < -0.39 is 0 Å². The van der Waals surface area contributed by atoms with E-state index in [0.29, 0.717) is 6.04 Å². The molecule has 0 spiro atoms. The van der Waals surface area contributed by atoms with E-state index >= 15 is 0 Å². The maximum Gasteiger partial charge on any atom is 0.0662 e. The van der Waals surface area contributed by atoms with Gasteiger partial charge in [-0.2, -0.15) is 0 Å². The maximum absolute atomic E-state index is 5.42. The number of nitrogens with one attached hydrogen (secondary N) is 1. The van der Waals surface area contributed by atoms with Crippen LogP contribution in [-0.2, 0) is 4.74 Å². The van der Waals surface area contributed by atoms with Crippen LogP contribution in [0.25, 0.3) is 6.08 Å². The van der Waals surface area contributed by atoms with E-state index in [1.165, 1.54) is 5.56 Å². The number of hydrogen-bond donors (Lipinski definition) is 1. The molecule has 1 aromatic carbocycles. The lowest BCUT2D eigenvalue weighted by atomic mass is 10.0. The van der Waals surface area contributed by atoms with Crippen LogP contribution in [0.2, 0.25) is 0 Å². The quantitative estimate of drug-likeness (QED) is 0.768. The topological polar surface area (TPSA) is 21.3 Å². The summed E-state index contributed by atoms with van der Waals surface area (Å²) >= 11 is 0. The van der Waals surface area contributed by atoms with Crippen LogP contribution >= 0.6 is 0 Å². The molecular formula is C12H15NO. The molecule has 0 bridgehead atoms. The predicted molar refractivity (Wildman–Crippen MR) is 58.1 cm³/mol. The third-order valence-electron chi connectivity index (χ3n) is 2.47. The van der Waals surface area contributed by atoms with Gasteiger partial charge < -0.3 is 10.1 Å². The Bertz CT molecular complexity index is 316. The Labute approximate surface area is 84.6 Å². The highest BCUT2D eigenvalue weighted by Gasteiger charge is 2.14. The third kappa shape index (κ3) is 2.03. The second kappa shape index (κ2) is 4.40. The van der Waals surface area contributed by atoms with Gasteiger partial charge in [-0.1, -0.05) is 36.9 Å². The van der Waals surface area contributed by atoms with Crippen molar-refractivity contribution in [1.29, 1.82) is 0 Å². The SMILES string of the molecule is C=Cc1cccc([C@H]2COCCN2)c1. The van der Waals surface area contributed by atoms with E-state index in [4.69, 9.17) is 4.74 Å². The van der Waals surface area contributed by atoms with Gasteiger partial charge in [-0.3, -0.25) is 0 Å². The summed E-state index contributed by atoms with van der Waals surface area (Å²) in [5.74, 6) is 0. The van der Waals surface area contributed by atoms with Gasteiger partial charge in [-0.25, -0.2) is 0 Å². The minimum Gasteiger partial charge on any atom is -0.378 e. The maximum atomic E-state index is 5.42. The molecular weight excluding hydrogens is 174 g/mol. The molecule has 0 amide bonds. The fourth-order valence-electron chi connectivity index (χ4n) is 1.68. The highest BCUT2D eigenvalue weighted by atomic mass is 16.5. The molecule has 1 atom stereocenters. The van der Waals surface area contributed by atoms with Crippen molar-refractivity contribution in [2.24, 2.45) is 0 Å². The van der Waals surface area contributed by atoms with Crippen molar-refractivity contribution >= 4 is 6.08 Å². The first-order valence-electron chi connectivity index (χ1n) is 4.93. The van der Waals surface area contributed by atoms with Gasteiger partial charge in [0, 0.05) is 6.54 Å². The van der Waals surface area contributed by atoms with Crippen LogP contribution in [0.3, 0.4) is 0 Å². The summed E-state index contributed by atoms with van der Waals surface area (Å²) in [6.07, 6.45) is 1.87. The summed E-state index contributed by atoms with van der Waals surface area (Å²) in [6.45, 7) is 6.28. The zero-order chi connectivity index (χ0) is 9.80. The largest absolute Gasteiger partial charge is 0.378 e. The fourth-order valence-corrected chi connectivity index (χ4v) is 1.68. The van der Waals surface area contributed by atoms with E-state index in [9.17, 15) is 0 Å². The van der Waals surface area contributed by atoms with Crippen LogP contribution < -0.4 is 5.32 Å². The molecule has 74 valence electrons. The molecule has 1 fully saturated rings. The molecule has 0 saturated carbocycles.